The van der Waals surface area contributed by atoms with Crippen LogP contribution in [0.2, 0.25) is 0 Å². The van der Waals surface area contributed by atoms with Gasteiger partial charge in [0, 0.05) is 5.92 Å². The smallest absolute Gasteiger partial charge is 0.118 e. The van der Waals surface area contributed by atoms with Crippen LogP contribution >= 0.6 is 0 Å². The zero-order chi connectivity index (χ0) is 16.2. The summed E-state index contributed by atoms with van der Waals surface area (Å²) < 4.78 is 10.4. The quantitative estimate of drug-likeness (QED) is 0.911. The Labute approximate surface area is 137 Å². The summed E-state index contributed by atoms with van der Waals surface area (Å²) in [7, 11) is 3.34. The monoisotopic (exact) mass is 310 g/mol. The van der Waals surface area contributed by atoms with Gasteiger partial charge in [-0.1, -0.05) is 30.3 Å². The molecule has 0 aromatic heterocycles. The largest absolute Gasteiger partial charge is 0.497 e. The summed E-state index contributed by atoms with van der Waals surface area (Å²) in [6, 6.07) is 16.2. The Morgan fingerprint density at radius 1 is 0.913 bits per heavy atom. The lowest BCUT2D eigenvalue weighted by Crippen LogP contribution is -2.14. The number of ether oxygens (including phenoxy) is 2. The van der Waals surface area contributed by atoms with Crippen molar-refractivity contribution in [3.63, 3.8) is 0 Å². The molecule has 3 heteroatoms. The lowest BCUT2D eigenvalue weighted by Gasteiger charge is -2.22. The Hall–Kier alpha value is -2.26. The van der Waals surface area contributed by atoms with Gasteiger partial charge in [0.25, 0.3) is 0 Å². The number of allylic oxidation sites excluding steroid dienone is 1. The van der Waals surface area contributed by atoms with Crippen molar-refractivity contribution in [2.24, 2.45) is 5.92 Å². The van der Waals surface area contributed by atoms with Gasteiger partial charge in [-0.05, 0) is 53.3 Å². The Bertz CT molecular complexity index is 671. The molecule has 0 amide bonds. The number of hydrogen-bond acceptors (Lipinski definition) is 3. The van der Waals surface area contributed by atoms with Gasteiger partial charge in [-0.3, -0.25) is 0 Å². The van der Waals surface area contributed by atoms with Gasteiger partial charge in [0.1, 0.15) is 11.5 Å². The number of aliphatic hydroxyl groups excluding tert-OH is 1. The third-order valence-corrected chi connectivity index (χ3v) is 4.64. The number of hydrogen-bond donors (Lipinski definition) is 1. The van der Waals surface area contributed by atoms with Gasteiger partial charge in [0.15, 0.2) is 0 Å². The Balaban J connectivity index is 1.83. The topological polar surface area (TPSA) is 38.7 Å². The van der Waals surface area contributed by atoms with Crippen LogP contribution in [-0.2, 0) is 0 Å². The minimum absolute atomic E-state index is 0.122. The maximum absolute atomic E-state index is 9.94. The summed E-state index contributed by atoms with van der Waals surface area (Å²) in [4.78, 5) is 0. The molecule has 1 aliphatic carbocycles. The van der Waals surface area contributed by atoms with Crippen LogP contribution in [-0.4, -0.2) is 25.9 Å². The molecule has 0 bridgehead atoms. The summed E-state index contributed by atoms with van der Waals surface area (Å²) in [6.45, 7) is 0.147. The van der Waals surface area contributed by atoms with Crippen LogP contribution in [0.15, 0.2) is 54.6 Å². The molecule has 0 aliphatic heterocycles. The second-order valence-corrected chi connectivity index (χ2v) is 5.79. The molecule has 0 spiro atoms. The van der Waals surface area contributed by atoms with Crippen molar-refractivity contribution in [2.75, 3.05) is 20.8 Å². The molecule has 23 heavy (non-hydrogen) atoms. The number of rotatable bonds is 5. The lowest BCUT2D eigenvalue weighted by atomic mass is 9.84. The second kappa shape index (κ2) is 6.88. The molecule has 1 N–H and O–H groups in total. The van der Waals surface area contributed by atoms with Gasteiger partial charge in [-0.15, -0.1) is 0 Å². The predicted octanol–water partition coefficient (Wildman–Crippen LogP) is 3.88. The molecule has 2 unspecified atom stereocenters. The van der Waals surface area contributed by atoms with E-state index in [1.165, 1.54) is 11.1 Å². The number of methoxy groups -OCH3 is 2. The first-order chi connectivity index (χ1) is 11.3. The highest BCUT2D eigenvalue weighted by Crippen LogP contribution is 2.44. The van der Waals surface area contributed by atoms with Gasteiger partial charge in [-0.25, -0.2) is 0 Å². The van der Waals surface area contributed by atoms with Crippen molar-refractivity contribution < 1.29 is 14.6 Å². The number of aliphatic hydroxyl groups is 1. The van der Waals surface area contributed by atoms with E-state index >= 15 is 0 Å². The van der Waals surface area contributed by atoms with Gasteiger partial charge in [0.2, 0.25) is 0 Å². The molecule has 2 aromatic rings. The first-order valence-electron chi connectivity index (χ1n) is 7.86. The van der Waals surface area contributed by atoms with E-state index < -0.39 is 0 Å². The van der Waals surface area contributed by atoms with Gasteiger partial charge < -0.3 is 14.6 Å². The summed E-state index contributed by atoms with van der Waals surface area (Å²) in [5.74, 6) is 2.13. The highest BCUT2D eigenvalue weighted by atomic mass is 16.5. The van der Waals surface area contributed by atoms with E-state index in [0.29, 0.717) is 5.92 Å². The van der Waals surface area contributed by atoms with Crippen LogP contribution in [0.25, 0.3) is 5.57 Å². The summed E-state index contributed by atoms with van der Waals surface area (Å²) >= 11 is 0. The first kappa shape index (κ1) is 15.6. The molecule has 3 rings (SSSR count). The Morgan fingerprint density at radius 3 is 2.00 bits per heavy atom. The molecule has 3 nitrogen and oxygen atoms in total. The SMILES string of the molecule is COc1ccc(C2=CCC(c3ccc(OC)cc3)C2CO)cc1. The van der Waals surface area contributed by atoms with Crippen LogP contribution in [0.4, 0.5) is 0 Å². The average molecular weight is 310 g/mol. The molecule has 0 radical (unpaired) electrons. The van der Waals surface area contributed by atoms with Crippen molar-refractivity contribution >= 4 is 5.57 Å². The van der Waals surface area contributed by atoms with E-state index in [-0.39, 0.29) is 12.5 Å². The average Bonchev–Trinajstić information content (AvgIpc) is 3.05. The fourth-order valence-corrected chi connectivity index (χ4v) is 3.35. The highest BCUT2D eigenvalue weighted by molar-refractivity contribution is 5.71. The van der Waals surface area contributed by atoms with E-state index in [1.54, 1.807) is 14.2 Å². The van der Waals surface area contributed by atoms with Crippen molar-refractivity contribution in [3.8, 4) is 11.5 Å². The maximum atomic E-state index is 9.94. The maximum Gasteiger partial charge on any atom is 0.118 e. The van der Waals surface area contributed by atoms with Crippen LogP contribution in [0.3, 0.4) is 0 Å². The minimum Gasteiger partial charge on any atom is -0.497 e. The van der Waals surface area contributed by atoms with Crippen LogP contribution in [0.5, 0.6) is 11.5 Å². The molecule has 2 atom stereocenters. The third kappa shape index (κ3) is 3.10. The highest BCUT2D eigenvalue weighted by Gasteiger charge is 2.31. The van der Waals surface area contributed by atoms with Gasteiger partial charge in [0.05, 0.1) is 20.8 Å². The lowest BCUT2D eigenvalue weighted by molar-refractivity contribution is 0.243. The molecule has 0 saturated carbocycles. The summed E-state index contributed by atoms with van der Waals surface area (Å²) in [6.07, 6.45) is 3.19. The second-order valence-electron chi connectivity index (χ2n) is 5.79. The molecule has 1 aliphatic rings. The van der Waals surface area contributed by atoms with Gasteiger partial charge in [-0.2, -0.15) is 0 Å². The predicted molar refractivity (Wildman–Crippen MR) is 91.9 cm³/mol. The van der Waals surface area contributed by atoms with Crippen molar-refractivity contribution in [1.82, 2.24) is 0 Å². The van der Waals surface area contributed by atoms with Crippen LogP contribution in [0.1, 0.15) is 23.5 Å². The minimum atomic E-state index is 0.122. The molecule has 0 fully saturated rings. The molecular weight excluding hydrogens is 288 g/mol. The Morgan fingerprint density at radius 2 is 1.48 bits per heavy atom. The Kier molecular flexibility index (Phi) is 4.68. The molecule has 120 valence electrons. The third-order valence-electron chi connectivity index (χ3n) is 4.64. The standard InChI is InChI=1S/C20H22O3/c1-22-16-7-3-14(4-8-16)18-11-12-19(20(18)13-21)15-5-9-17(23-2)10-6-15/h3-11,19-21H,12-13H2,1-2H3. The van der Waals surface area contributed by atoms with E-state index in [4.69, 9.17) is 9.47 Å². The summed E-state index contributed by atoms with van der Waals surface area (Å²) in [5.41, 5.74) is 3.61. The normalized spacial score (nSPS) is 20.2. The van der Waals surface area contributed by atoms with E-state index in [9.17, 15) is 5.11 Å². The van der Waals surface area contributed by atoms with Crippen LogP contribution in [0, 0.1) is 5.92 Å². The molecule has 2 aromatic carbocycles. The zero-order valence-corrected chi connectivity index (χ0v) is 13.5. The summed E-state index contributed by atoms with van der Waals surface area (Å²) in [5, 5.41) is 9.94. The van der Waals surface area contributed by atoms with Crippen molar-refractivity contribution in [1.29, 1.82) is 0 Å². The van der Waals surface area contributed by atoms with E-state index in [0.717, 1.165) is 23.5 Å². The number of benzene rings is 2. The molecule has 0 heterocycles. The van der Waals surface area contributed by atoms with E-state index in [2.05, 4.69) is 30.3 Å². The van der Waals surface area contributed by atoms with E-state index in [1.807, 2.05) is 24.3 Å². The zero-order valence-electron chi connectivity index (χ0n) is 13.5. The van der Waals surface area contributed by atoms with Crippen molar-refractivity contribution in [3.05, 3.63) is 65.7 Å². The van der Waals surface area contributed by atoms with Gasteiger partial charge >= 0.3 is 0 Å². The fraction of sp³-hybridized carbons (Fsp3) is 0.300. The first-order valence-corrected chi connectivity index (χ1v) is 7.86. The molecular formula is C20H22O3. The van der Waals surface area contributed by atoms with Crippen LogP contribution < -0.4 is 9.47 Å². The van der Waals surface area contributed by atoms with Crippen molar-refractivity contribution in [2.45, 2.75) is 12.3 Å². The fourth-order valence-electron chi connectivity index (χ4n) is 3.35. The molecule has 0 saturated heterocycles.